The second-order valence-corrected chi connectivity index (χ2v) is 6.69. The Labute approximate surface area is 143 Å². The molecule has 2 heterocycles. The standard InChI is InChI=1S/C19H26N4O/c1-4-17-13-22(11-12-23(17)14(2)3)19(24)16-7-5-15(6-8-16)18-9-10-20-21-18/h5-10,14,17H,4,11-13H2,1-3H3,(H,20,21)/t17-/m1/s1. The van der Waals surface area contributed by atoms with E-state index in [0.29, 0.717) is 12.1 Å². The molecular formula is C19H26N4O. The maximum absolute atomic E-state index is 12.8. The highest BCUT2D eigenvalue weighted by Crippen LogP contribution is 2.20. The summed E-state index contributed by atoms with van der Waals surface area (Å²) in [7, 11) is 0. The number of piperazine rings is 1. The maximum atomic E-state index is 12.8. The fraction of sp³-hybridized carbons (Fsp3) is 0.474. The minimum absolute atomic E-state index is 0.132. The van der Waals surface area contributed by atoms with Crippen molar-refractivity contribution in [2.24, 2.45) is 0 Å². The first kappa shape index (κ1) is 16.7. The number of hydrogen-bond donors (Lipinski definition) is 1. The molecule has 5 nitrogen and oxygen atoms in total. The van der Waals surface area contributed by atoms with Crippen LogP contribution in [0.5, 0.6) is 0 Å². The van der Waals surface area contributed by atoms with Crippen molar-refractivity contribution in [3.05, 3.63) is 42.1 Å². The lowest BCUT2D eigenvalue weighted by atomic mass is 10.0. The zero-order valence-electron chi connectivity index (χ0n) is 14.7. The first-order chi connectivity index (χ1) is 11.6. The van der Waals surface area contributed by atoms with Crippen molar-refractivity contribution in [2.45, 2.75) is 39.3 Å². The van der Waals surface area contributed by atoms with E-state index in [2.05, 4.69) is 35.9 Å². The van der Waals surface area contributed by atoms with Crippen LogP contribution >= 0.6 is 0 Å². The van der Waals surface area contributed by atoms with Gasteiger partial charge in [0.2, 0.25) is 0 Å². The summed E-state index contributed by atoms with van der Waals surface area (Å²) >= 11 is 0. The van der Waals surface area contributed by atoms with Crippen molar-refractivity contribution in [1.29, 1.82) is 0 Å². The Morgan fingerprint density at radius 3 is 2.58 bits per heavy atom. The van der Waals surface area contributed by atoms with Gasteiger partial charge in [-0.1, -0.05) is 19.1 Å². The fourth-order valence-corrected chi connectivity index (χ4v) is 3.49. The molecule has 1 amide bonds. The van der Waals surface area contributed by atoms with Crippen molar-refractivity contribution >= 4 is 5.91 Å². The molecular weight excluding hydrogens is 300 g/mol. The minimum atomic E-state index is 0.132. The van der Waals surface area contributed by atoms with Gasteiger partial charge in [-0.25, -0.2) is 0 Å². The largest absolute Gasteiger partial charge is 0.336 e. The molecule has 1 fully saturated rings. The van der Waals surface area contributed by atoms with Crippen LogP contribution in [-0.2, 0) is 0 Å². The van der Waals surface area contributed by atoms with Gasteiger partial charge < -0.3 is 4.90 Å². The number of amides is 1. The van der Waals surface area contributed by atoms with Crippen LogP contribution in [0.25, 0.3) is 11.3 Å². The van der Waals surface area contributed by atoms with E-state index in [-0.39, 0.29) is 5.91 Å². The quantitative estimate of drug-likeness (QED) is 0.939. The minimum Gasteiger partial charge on any atom is -0.336 e. The molecule has 1 saturated heterocycles. The lowest BCUT2D eigenvalue weighted by Crippen LogP contribution is -2.56. The van der Waals surface area contributed by atoms with Crippen LogP contribution < -0.4 is 0 Å². The maximum Gasteiger partial charge on any atom is 0.253 e. The van der Waals surface area contributed by atoms with Crippen molar-refractivity contribution in [2.75, 3.05) is 19.6 Å². The molecule has 0 aliphatic carbocycles. The van der Waals surface area contributed by atoms with E-state index < -0.39 is 0 Å². The molecule has 0 saturated carbocycles. The normalized spacial score (nSPS) is 19.0. The molecule has 0 bridgehead atoms. The first-order valence-corrected chi connectivity index (χ1v) is 8.75. The molecule has 0 spiro atoms. The first-order valence-electron chi connectivity index (χ1n) is 8.75. The molecule has 1 atom stereocenters. The van der Waals surface area contributed by atoms with E-state index in [1.165, 1.54) is 0 Å². The summed E-state index contributed by atoms with van der Waals surface area (Å²) in [5, 5.41) is 6.91. The fourth-order valence-electron chi connectivity index (χ4n) is 3.49. The monoisotopic (exact) mass is 326 g/mol. The summed E-state index contributed by atoms with van der Waals surface area (Å²) in [6, 6.07) is 10.7. The SMILES string of the molecule is CC[C@@H]1CN(C(=O)c2ccc(-c3ccn[nH]3)cc2)CCN1C(C)C. The molecule has 5 heteroatoms. The second-order valence-electron chi connectivity index (χ2n) is 6.69. The third-order valence-electron chi connectivity index (χ3n) is 4.89. The molecule has 24 heavy (non-hydrogen) atoms. The molecule has 1 N–H and O–H groups in total. The molecule has 3 rings (SSSR count). The van der Waals surface area contributed by atoms with Crippen LogP contribution in [-0.4, -0.2) is 57.6 Å². The van der Waals surface area contributed by atoms with Gasteiger partial charge in [-0.05, 0) is 44.0 Å². The number of rotatable bonds is 4. The van der Waals surface area contributed by atoms with Gasteiger partial charge in [-0.15, -0.1) is 0 Å². The number of carbonyl (C=O) groups excluding carboxylic acids is 1. The van der Waals surface area contributed by atoms with Crippen molar-refractivity contribution in [3.8, 4) is 11.3 Å². The van der Waals surface area contributed by atoms with Crippen molar-refractivity contribution in [3.63, 3.8) is 0 Å². The number of carbonyl (C=O) groups is 1. The highest BCUT2D eigenvalue weighted by atomic mass is 16.2. The predicted octanol–water partition coefficient (Wildman–Crippen LogP) is 3.02. The second kappa shape index (κ2) is 7.18. The lowest BCUT2D eigenvalue weighted by molar-refractivity contribution is 0.0371. The summed E-state index contributed by atoms with van der Waals surface area (Å²) in [5.74, 6) is 0.132. The van der Waals surface area contributed by atoms with Crippen molar-refractivity contribution in [1.82, 2.24) is 20.0 Å². The van der Waals surface area contributed by atoms with Gasteiger partial charge in [0.05, 0.1) is 5.69 Å². The average molecular weight is 326 g/mol. The van der Waals surface area contributed by atoms with Crippen LogP contribution in [0.3, 0.4) is 0 Å². The molecule has 0 radical (unpaired) electrons. The van der Waals surface area contributed by atoms with Gasteiger partial charge in [-0.2, -0.15) is 5.10 Å². The highest BCUT2D eigenvalue weighted by Gasteiger charge is 2.30. The van der Waals surface area contributed by atoms with E-state index in [1.807, 2.05) is 35.2 Å². The number of aromatic amines is 1. The topological polar surface area (TPSA) is 52.2 Å². The van der Waals surface area contributed by atoms with Gasteiger partial charge >= 0.3 is 0 Å². The molecule has 2 aromatic rings. The van der Waals surface area contributed by atoms with Crippen LogP contribution in [0, 0.1) is 0 Å². The van der Waals surface area contributed by atoms with E-state index in [9.17, 15) is 4.79 Å². The number of aromatic nitrogens is 2. The van der Waals surface area contributed by atoms with Gasteiger partial charge in [0.15, 0.2) is 0 Å². The van der Waals surface area contributed by atoms with Crippen LogP contribution in [0.2, 0.25) is 0 Å². The number of nitrogens with one attached hydrogen (secondary N) is 1. The van der Waals surface area contributed by atoms with E-state index in [1.54, 1.807) is 6.20 Å². The third-order valence-corrected chi connectivity index (χ3v) is 4.89. The molecule has 1 aromatic heterocycles. The molecule has 1 aliphatic rings. The Kier molecular flexibility index (Phi) is 5.00. The van der Waals surface area contributed by atoms with Crippen LogP contribution in [0.15, 0.2) is 36.5 Å². The predicted molar refractivity (Wildman–Crippen MR) is 95.8 cm³/mol. The third kappa shape index (κ3) is 3.36. The van der Waals surface area contributed by atoms with Crippen molar-refractivity contribution < 1.29 is 4.79 Å². The Morgan fingerprint density at radius 1 is 1.25 bits per heavy atom. The Balaban J connectivity index is 1.70. The number of benzene rings is 1. The van der Waals surface area contributed by atoms with Gasteiger partial charge in [0.1, 0.15) is 0 Å². The Hall–Kier alpha value is -2.14. The number of nitrogens with zero attached hydrogens (tertiary/aromatic N) is 3. The summed E-state index contributed by atoms with van der Waals surface area (Å²) in [6.07, 6.45) is 2.80. The summed E-state index contributed by atoms with van der Waals surface area (Å²) in [6.45, 7) is 9.23. The van der Waals surface area contributed by atoms with E-state index in [0.717, 1.165) is 42.9 Å². The summed E-state index contributed by atoms with van der Waals surface area (Å²) in [4.78, 5) is 17.3. The van der Waals surface area contributed by atoms with Gasteiger partial charge in [0.25, 0.3) is 5.91 Å². The average Bonchev–Trinajstić information content (AvgIpc) is 3.15. The van der Waals surface area contributed by atoms with E-state index in [4.69, 9.17) is 0 Å². The zero-order chi connectivity index (χ0) is 17.1. The molecule has 1 aromatic carbocycles. The Morgan fingerprint density at radius 2 is 2.00 bits per heavy atom. The molecule has 1 aliphatic heterocycles. The van der Waals surface area contributed by atoms with Crippen LogP contribution in [0.4, 0.5) is 0 Å². The lowest BCUT2D eigenvalue weighted by Gasteiger charge is -2.43. The molecule has 0 unspecified atom stereocenters. The Bertz CT molecular complexity index is 663. The van der Waals surface area contributed by atoms with E-state index >= 15 is 0 Å². The molecule has 128 valence electrons. The smallest absolute Gasteiger partial charge is 0.253 e. The van der Waals surface area contributed by atoms with Gasteiger partial charge in [0, 0.05) is 43.5 Å². The van der Waals surface area contributed by atoms with Gasteiger partial charge in [-0.3, -0.25) is 14.8 Å². The zero-order valence-corrected chi connectivity index (χ0v) is 14.7. The van der Waals surface area contributed by atoms with Crippen LogP contribution in [0.1, 0.15) is 37.6 Å². The number of H-pyrrole nitrogens is 1. The number of hydrogen-bond acceptors (Lipinski definition) is 3. The summed E-state index contributed by atoms with van der Waals surface area (Å²) < 4.78 is 0. The summed E-state index contributed by atoms with van der Waals surface area (Å²) in [5.41, 5.74) is 2.76. The highest BCUT2D eigenvalue weighted by molar-refractivity contribution is 5.94.